The summed E-state index contributed by atoms with van der Waals surface area (Å²) in [5, 5.41) is 129. The molecule has 0 aromatic carbocycles. The van der Waals surface area contributed by atoms with Gasteiger partial charge in [-0.25, -0.2) is 0 Å². The van der Waals surface area contributed by atoms with Gasteiger partial charge in [-0.05, 0) is 98.7 Å². The number of esters is 2. The minimum absolute atomic E-state index is 0.0952. The third-order valence-corrected chi connectivity index (χ3v) is 19.5. The Morgan fingerprint density at radius 2 is 1.30 bits per heavy atom. The van der Waals surface area contributed by atoms with Gasteiger partial charge in [-0.1, -0.05) is 39.3 Å². The predicted octanol–water partition coefficient (Wildman–Crippen LogP) is -2.12. The zero-order chi connectivity index (χ0) is 50.6. The number of methoxy groups -OCH3 is 1. The average molecular weight is 989 g/mol. The Labute approximate surface area is 401 Å². The topological polar surface area (TPSA) is 342 Å². The van der Waals surface area contributed by atoms with E-state index in [1.807, 2.05) is 13.8 Å². The summed E-state index contributed by atoms with van der Waals surface area (Å²) in [6, 6.07) is 0. The van der Waals surface area contributed by atoms with Crippen molar-refractivity contribution in [3.05, 3.63) is 11.6 Å². The number of aliphatic hydroxyl groups is 12. The van der Waals surface area contributed by atoms with Gasteiger partial charge < -0.3 is 94.4 Å². The van der Waals surface area contributed by atoms with Crippen LogP contribution in [0.15, 0.2) is 11.6 Å². The van der Waals surface area contributed by atoms with Crippen molar-refractivity contribution in [1.82, 2.24) is 0 Å². The lowest BCUT2D eigenvalue weighted by Crippen LogP contribution is -2.70. The van der Waals surface area contributed by atoms with Gasteiger partial charge in [0.1, 0.15) is 67.1 Å². The summed E-state index contributed by atoms with van der Waals surface area (Å²) in [7, 11) is 1.33. The first-order valence-electron chi connectivity index (χ1n) is 24.5. The van der Waals surface area contributed by atoms with E-state index in [1.165, 1.54) is 7.11 Å². The molecule has 21 heteroatoms. The third kappa shape index (κ3) is 8.16. The Bertz CT molecular complexity index is 1920. The fraction of sp³-hybridized carbons (Fsp3) is 0.917. The van der Waals surface area contributed by atoms with E-state index in [0.717, 1.165) is 5.57 Å². The highest BCUT2D eigenvalue weighted by Gasteiger charge is 2.72. The van der Waals surface area contributed by atoms with Crippen molar-refractivity contribution < 1.29 is 104 Å². The monoisotopic (exact) mass is 988 g/mol. The number of carbonyl (C=O) groups is 2. The Balaban J connectivity index is 1.08. The number of hydrogen-bond acceptors (Lipinski definition) is 21. The number of rotatable bonds is 10. The van der Waals surface area contributed by atoms with Crippen LogP contribution in [-0.2, 0) is 42.7 Å². The Kier molecular flexibility index (Phi) is 14.7. The van der Waals surface area contributed by atoms with Crippen LogP contribution in [0.5, 0.6) is 0 Å². The van der Waals surface area contributed by atoms with Crippen molar-refractivity contribution in [3.63, 3.8) is 0 Å². The minimum atomic E-state index is -1.80. The molecule has 0 unspecified atom stereocenters. The molecule has 0 aromatic rings. The third-order valence-electron chi connectivity index (χ3n) is 19.5. The lowest BCUT2D eigenvalue weighted by atomic mass is 9.33. The molecule has 0 aromatic heterocycles. The van der Waals surface area contributed by atoms with Gasteiger partial charge in [-0.15, -0.1) is 0 Å². The van der Waals surface area contributed by atoms with Crippen LogP contribution < -0.4 is 0 Å². The number of aliphatic hydroxyl groups excluding tert-OH is 12. The Morgan fingerprint density at radius 3 is 1.96 bits per heavy atom. The van der Waals surface area contributed by atoms with Crippen LogP contribution >= 0.6 is 0 Å². The van der Waals surface area contributed by atoms with E-state index in [4.69, 9.17) is 33.2 Å². The van der Waals surface area contributed by atoms with Gasteiger partial charge in [-0.3, -0.25) is 9.59 Å². The zero-order valence-corrected chi connectivity index (χ0v) is 40.3. The first-order chi connectivity index (χ1) is 32.4. The van der Waals surface area contributed by atoms with Crippen molar-refractivity contribution in [2.24, 2.45) is 50.2 Å². The van der Waals surface area contributed by atoms with Gasteiger partial charge in [0, 0.05) is 5.41 Å². The fourth-order valence-electron chi connectivity index (χ4n) is 15.2. The van der Waals surface area contributed by atoms with E-state index in [0.29, 0.717) is 38.5 Å². The number of hydrogen-bond donors (Lipinski definition) is 12. The molecule has 0 amide bonds. The number of ether oxygens (including phenoxy) is 7. The molecule has 8 aliphatic rings. The van der Waals surface area contributed by atoms with Gasteiger partial charge in [0.05, 0.1) is 56.6 Å². The summed E-state index contributed by atoms with van der Waals surface area (Å²) >= 11 is 0. The largest absolute Gasteiger partial charge is 0.469 e. The molecule has 21 nitrogen and oxygen atoms in total. The van der Waals surface area contributed by atoms with Gasteiger partial charge >= 0.3 is 11.9 Å². The molecule has 7 fully saturated rings. The molecule has 69 heavy (non-hydrogen) atoms. The quantitative estimate of drug-likeness (QED) is 0.0632. The summed E-state index contributed by atoms with van der Waals surface area (Å²) in [6.07, 6.45) is -19.3. The Morgan fingerprint density at radius 1 is 0.667 bits per heavy atom. The lowest BCUT2D eigenvalue weighted by Gasteiger charge is -2.71. The van der Waals surface area contributed by atoms with E-state index >= 15 is 0 Å². The molecule has 25 atom stereocenters. The number of carbonyl (C=O) groups excluding carboxylic acids is 2. The van der Waals surface area contributed by atoms with E-state index in [-0.39, 0.29) is 31.1 Å². The summed E-state index contributed by atoms with van der Waals surface area (Å²) in [5.41, 5.74) is -3.99. The second-order valence-electron chi connectivity index (χ2n) is 22.9. The average Bonchev–Trinajstić information content (AvgIpc) is 3.32. The van der Waals surface area contributed by atoms with Gasteiger partial charge in [0.25, 0.3) is 0 Å². The van der Waals surface area contributed by atoms with Crippen molar-refractivity contribution >= 4 is 11.9 Å². The standard InChI is InChI=1S/C48H76O21/c1-43(41(61)63-6)11-13-48(42(62)69-39-34(59)32(57)30(55)25(17-49)65-39)14-12-46(4)21(22(48)15-43)7-8-28-44(2)16-23(52)37(45(3,20-51)27(44)9-10-47(28,46)5)68-40-35(60)36(31(56)26(18-50)66-40)67-38-33(58)29(54)24(53)19-64-38/h7,22-40,49-60H,8-20H2,1-6H3/t22-,23-,24-,25+,26+,27+,28+,29-,30+,31+,32-,33+,34+,35+,36-,37-,38-,39-,40-,43+,44-,45-,46+,47+,48-/m0/s1. The van der Waals surface area contributed by atoms with Crippen LogP contribution in [0, 0.1) is 50.2 Å². The molecule has 394 valence electrons. The second-order valence-corrected chi connectivity index (χ2v) is 22.9. The van der Waals surface area contributed by atoms with Gasteiger partial charge in [0.2, 0.25) is 6.29 Å². The highest BCUT2D eigenvalue weighted by molar-refractivity contribution is 5.81. The first-order valence-corrected chi connectivity index (χ1v) is 24.5. The molecule has 8 rings (SSSR count). The maximum atomic E-state index is 14.8. The van der Waals surface area contributed by atoms with E-state index in [2.05, 4.69) is 26.8 Å². The zero-order valence-electron chi connectivity index (χ0n) is 40.3. The normalized spacial score (nSPS) is 54.2. The predicted molar refractivity (Wildman–Crippen MR) is 233 cm³/mol. The van der Waals surface area contributed by atoms with Crippen molar-refractivity contribution in [1.29, 1.82) is 0 Å². The first kappa shape index (κ1) is 53.3. The molecule has 5 aliphatic carbocycles. The minimum Gasteiger partial charge on any atom is -0.469 e. The summed E-state index contributed by atoms with van der Waals surface area (Å²) in [6.45, 7) is 7.93. The van der Waals surface area contributed by atoms with Crippen LogP contribution in [0.25, 0.3) is 0 Å². The van der Waals surface area contributed by atoms with Crippen LogP contribution in [0.2, 0.25) is 0 Å². The second kappa shape index (κ2) is 19.0. The molecular weight excluding hydrogens is 913 g/mol. The highest BCUT2D eigenvalue weighted by atomic mass is 16.7. The van der Waals surface area contributed by atoms with E-state index in [9.17, 15) is 70.9 Å². The lowest BCUT2D eigenvalue weighted by molar-refractivity contribution is -0.369. The molecule has 3 aliphatic heterocycles. The van der Waals surface area contributed by atoms with Crippen molar-refractivity contribution in [2.45, 2.75) is 191 Å². The molecule has 3 saturated heterocycles. The number of allylic oxidation sites excluding steroid dienone is 2. The molecule has 0 bridgehead atoms. The van der Waals surface area contributed by atoms with Crippen LogP contribution in [-0.4, -0.2) is 205 Å². The van der Waals surface area contributed by atoms with Crippen LogP contribution in [0.1, 0.15) is 92.4 Å². The van der Waals surface area contributed by atoms with Crippen molar-refractivity contribution in [2.75, 3.05) is 33.5 Å². The summed E-state index contributed by atoms with van der Waals surface area (Å²) in [5.74, 6) is -2.00. The number of fused-ring (bicyclic) bond motifs is 7. The maximum absolute atomic E-state index is 14.8. The molecule has 0 spiro atoms. The van der Waals surface area contributed by atoms with E-state index in [1.54, 1.807) is 0 Å². The van der Waals surface area contributed by atoms with Gasteiger partial charge in [-0.2, -0.15) is 0 Å². The fourth-order valence-corrected chi connectivity index (χ4v) is 15.2. The molecule has 0 radical (unpaired) electrons. The molecule has 12 N–H and O–H groups in total. The maximum Gasteiger partial charge on any atom is 0.315 e. The Hall–Kier alpha value is -2.00. The van der Waals surface area contributed by atoms with E-state index < -0.39 is 175 Å². The highest BCUT2D eigenvalue weighted by Crippen LogP contribution is 2.76. The van der Waals surface area contributed by atoms with Crippen molar-refractivity contribution in [3.8, 4) is 0 Å². The molecule has 4 saturated carbocycles. The van der Waals surface area contributed by atoms with Crippen LogP contribution in [0.4, 0.5) is 0 Å². The SMILES string of the molecule is COC(=O)[C@]1(C)CC[C@]2(C(=O)O[C@@H]3O[C@H](CO)[C@@H](O)[C@H](O)[C@H]3O)CC[C@]3(C)C(=CC[C@@H]4[C@@]5(C)C[C@H](O)[C@H](O[C@@H]6O[C@H](CO)[C@@H](O)[C@H](O[C@@H]7OC[C@H](O)[C@H](O)[C@H]7O)[C@H]6O)[C@@](C)(CO)[C@@H]5CC[C@]43C)[C@@H]2C1. The molecular formula is C48H76O21. The van der Waals surface area contributed by atoms with Gasteiger partial charge in [0.15, 0.2) is 12.6 Å². The summed E-state index contributed by atoms with van der Waals surface area (Å²) in [4.78, 5) is 28.3. The van der Waals surface area contributed by atoms with Crippen LogP contribution in [0.3, 0.4) is 0 Å². The summed E-state index contributed by atoms with van der Waals surface area (Å²) < 4.78 is 40.4. The smallest absolute Gasteiger partial charge is 0.315 e. The molecule has 3 heterocycles.